The Kier molecular flexibility index (Phi) is 6.00. The van der Waals surface area contributed by atoms with Crippen LogP contribution in [0, 0.1) is 11.3 Å². The van der Waals surface area contributed by atoms with E-state index in [-0.39, 0.29) is 11.9 Å². The van der Waals surface area contributed by atoms with Crippen LogP contribution in [0.4, 0.5) is 5.82 Å². The number of anilines is 1. The largest absolute Gasteiger partial charge is 0.476 e. The van der Waals surface area contributed by atoms with Crippen molar-refractivity contribution in [1.29, 1.82) is 5.26 Å². The highest BCUT2D eigenvalue weighted by Crippen LogP contribution is 2.39. The fourth-order valence-corrected chi connectivity index (χ4v) is 4.96. The van der Waals surface area contributed by atoms with Crippen molar-refractivity contribution in [3.05, 3.63) is 52.1 Å². The minimum absolute atomic E-state index is 0.0724. The van der Waals surface area contributed by atoms with E-state index in [1.807, 2.05) is 6.07 Å². The molecule has 6 nitrogen and oxygen atoms in total. The average molecular weight is 459 g/mol. The van der Waals surface area contributed by atoms with Gasteiger partial charge in [0.05, 0.1) is 10.6 Å². The van der Waals surface area contributed by atoms with Crippen LogP contribution in [-0.2, 0) is 4.79 Å². The number of carbonyl (C=O) groups is 1. The molecule has 3 atom stereocenters. The second-order valence-electron chi connectivity index (χ2n) is 8.64. The summed E-state index contributed by atoms with van der Waals surface area (Å²) in [6, 6.07) is 11.5. The third-order valence-electron chi connectivity index (χ3n) is 6.02. The number of aromatic nitrogens is 1. The first-order chi connectivity index (χ1) is 14.8. The maximum atomic E-state index is 13.0. The topological polar surface area (TPSA) is 78.2 Å². The number of amides is 1. The van der Waals surface area contributed by atoms with E-state index >= 15 is 0 Å². The number of ether oxygens (including phenoxy) is 1. The molecule has 8 heteroatoms. The quantitative estimate of drug-likeness (QED) is 0.699. The van der Waals surface area contributed by atoms with Gasteiger partial charge >= 0.3 is 0 Å². The Morgan fingerprint density at radius 3 is 2.52 bits per heavy atom. The summed E-state index contributed by atoms with van der Waals surface area (Å²) in [5, 5.41) is 13.1. The van der Waals surface area contributed by atoms with Gasteiger partial charge in [0.2, 0.25) is 0 Å². The van der Waals surface area contributed by atoms with Crippen LogP contribution in [-0.4, -0.2) is 34.6 Å². The van der Waals surface area contributed by atoms with Gasteiger partial charge < -0.3 is 15.0 Å². The third-order valence-corrected chi connectivity index (χ3v) is 6.55. The molecule has 162 valence electrons. The summed E-state index contributed by atoms with van der Waals surface area (Å²) in [4.78, 5) is 19.8. The number of benzene rings is 1. The summed E-state index contributed by atoms with van der Waals surface area (Å²) in [5.41, 5.74) is -0.524. The lowest BCUT2D eigenvalue weighted by Gasteiger charge is -2.40. The molecule has 2 saturated heterocycles. The van der Waals surface area contributed by atoms with Gasteiger partial charge in [0.15, 0.2) is 5.60 Å². The second kappa shape index (κ2) is 8.57. The molecule has 0 unspecified atom stereocenters. The fraction of sp³-hybridized carbons (Fsp3) is 0.435. The first kappa shape index (κ1) is 21.7. The van der Waals surface area contributed by atoms with Crippen molar-refractivity contribution in [2.45, 2.75) is 63.3 Å². The first-order valence-electron chi connectivity index (χ1n) is 10.4. The van der Waals surface area contributed by atoms with Crippen LogP contribution in [0.3, 0.4) is 0 Å². The van der Waals surface area contributed by atoms with E-state index in [2.05, 4.69) is 21.3 Å². The van der Waals surface area contributed by atoms with Crippen LogP contribution >= 0.6 is 23.2 Å². The molecule has 0 spiro atoms. The molecule has 1 aromatic heterocycles. The van der Waals surface area contributed by atoms with Gasteiger partial charge in [-0.3, -0.25) is 4.79 Å². The van der Waals surface area contributed by atoms with Crippen molar-refractivity contribution in [2.75, 3.05) is 4.90 Å². The number of carbonyl (C=O) groups excluding carboxylic acids is 1. The number of hydrogen-bond acceptors (Lipinski definition) is 5. The zero-order valence-electron chi connectivity index (χ0n) is 17.4. The van der Waals surface area contributed by atoms with Crippen molar-refractivity contribution < 1.29 is 9.53 Å². The van der Waals surface area contributed by atoms with E-state index in [1.54, 1.807) is 44.3 Å². The molecule has 2 fully saturated rings. The molecule has 4 rings (SSSR count). The number of nitriles is 1. The molecule has 0 aliphatic carbocycles. The molecule has 31 heavy (non-hydrogen) atoms. The number of hydrogen-bond donors (Lipinski definition) is 1. The highest BCUT2D eigenvalue weighted by Gasteiger charge is 2.43. The Morgan fingerprint density at radius 2 is 1.94 bits per heavy atom. The van der Waals surface area contributed by atoms with Gasteiger partial charge in [-0.05, 0) is 69.9 Å². The Bertz CT molecular complexity index is 1010. The van der Waals surface area contributed by atoms with Crippen molar-refractivity contribution >= 4 is 34.9 Å². The molecular formula is C23H24Cl2N4O2. The van der Waals surface area contributed by atoms with E-state index in [0.29, 0.717) is 33.4 Å². The lowest BCUT2D eigenvalue weighted by atomic mass is 9.96. The van der Waals surface area contributed by atoms with Crippen LogP contribution in [0.5, 0.6) is 5.75 Å². The maximum absolute atomic E-state index is 13.0. The van der Waals surface area contributed by atoms with E-state index in [1.165, 1.54) is 0 Å². The third kappa shape index (κ3) is 4.58. The molecular weight excluding hydrogens is 435 g/mol. The molecule has 2 aliphatic heterocycles. The molecule has 1 amide bonds. The van der Waals surface area contributed by atoms with Gasteiger partial charge in [0, 0.05) is 29.3 Å². The maximum Gasteiger partial charge on any atom is 0.263 e. The van der Waals surface area contributed by atoms with Crippen molar-refractivity contribution in [3.63, 3.8) is 0 Å². The zero-order chi connectivity index (χ0) is 22.2. The predicted molar refractivity (Wildman–Crippen MR) is 121 cm³/mol. The van der Waals surface area contributed by atoms with Gasteiger partial charge in [-0.2, -0.15) is 5.26 Å². The van der Waals surface area contributed by atoms with Gasteiger partial charge in [-0.15, -0.1) is 0 Å². The average Bonchev–Trinajstić information content (AvgIpc) is 3.00. The monoisotopic (exact) mass is 458 g/mol. The van der Waals surface area contributed by atoms with Gasteiger partial charge in [-0.25, -0.2) is 4.98 Å². The molecule has 3 heterocycles. The van der Waals surface area contributed by atoms with E-state index in [0.717, 1.165) is 31.5 Å². The summed E-state index contributed by atoms with van der Waals surface area (Å²) in [7, 11) is 0. The summed E-state index contributed by atoms with van der Waals surface area (Å²) in [6.07, 6.45) is 5.45. The van der Waals surface area contributed by atoms with Crippen LogP contribution in [0.2, 0.25) is 10.0 Å². The highest BCUT2D eigenvalue weighted by atomic mass is 35.5. The normalized spacial score (nSPS) is 22.7. The number of rotatable bonds is 5. The van der Waals surface area contributed by atoms with Gasteiger partial charge in [-0.1, -0.05) is 23.2 Å². The lowest BCUT2D eigenvalue weighted by molar-refractivity contribution is -0.135. The molecule has 1 N–H and O–H groups in total. The lowest BCUT2D eigenvalue weighted by Crippen LogP contribution is -2.55. The molecule has 0 saturated carbocycles. The number of nitrogens with one attached hydrogen (secondary N) is 1. The smallest absolute Gasteiger partial charge is 0.263 e. The number of pyridine rings is 1. The minimum Gasteiger partial charge on any atom is -0.476 e. The molecule has 1 aromatic carbocycles. The molecule has 0 radical (unpaired) electrons. The van der Waals surface area contributed by atoms with E-state index in [9.17, 15) is 4.79 Å². The van der Waals surface area contributed by atoms with Crippen LogP contribution in [0.1, 0.15) is 45.1 Å². The Hall–Kier alpha value is -2.49. The number of nitrogens with zero attached hydrogens (tertiary/aromatic N) is 3. The van der Waals surface area contributed by atoms with Crippen molar-refractivity contribution in [3.8, 4) is 11.8 Å². The molecule has 2 aliphatic rings. The minimum atomic E-state index is -1.08. The predicted octanol–water partition coefficient (Wildman–Crippen LogP) is 4.73. The number of fused-ring (bicyclic) bond motifs is 2. The summed E-state index contributed by atoms with van der Waals surface area (Å²) < 4.78 is 5.92. The Labute approximate surface area is 192 Å². The number of halogens is 2. The zero-order valence-corrected chi connectivity index (χ0v) is 19.0. The summed E-state index contributed by atoms with van der Waals surface area (Å²) in [6.45, 7) is 3.47. The van der Waals surface area contributed by atoms with Crippen LogP contribution < -0.4 is 15.0 Å². The SMILES string of the molecule is CC(C)(Oc1ccc(Cl)cc1Cl)C(=O)N[C@H]1C[C@H]2CC[C@@H](C1)N2c1ccc(C#N)cn1. The van der Waals surface area contributed by atoms with Crippen LogP contribution in [0.15, 0.2) is 36.5 Å². The Morgan fingerprint density at radius 1 is 1.23 bits per heavy atom. The summed E-state index contributed by atoms with van der Waals surface area (Å²) in [5.74, 6) is 1.15. The first-order valence-corrected chi connectivity index (χ1v) is 11.1. The van der Waals surface area contributed by atoms with E-state index < -0.39 is 5.60 Å². The van der Waals surface area contributed by atoms with Crippen molar-refractivity contribution in [2.24, 2.45) is 0 Å². The fourth-order valence-electron chi connectivity index (χ4n) is 4.51. The molecule has 2 aromatic rings. The Balaban J connectivity index is 1.40. The number of piperidine rings is 1. The summed E-state index contributed by atoms with van der Waals surface area (Å²) >= 11 is 12.1. The molecule has 2 bridgehead atoms. The van der Waals surface area contributed by atoms with Crippen molar-refractivity contribution in [1.82, 2.24) is 10.3 Å². The highest BCUT2D eigenvalue weighted by molar-refractivity contribution is 6.35. The van der Waals surface area contributed by atoms with Crippen LogP contribution in [0.25, 0.3) is 0 Å². The van der Waals surface area contributed by atoms with Gasteiger partial charge in [0.1, 0.15) is 17.6 Å². The standard InChI is InChI=1S/C23H24Cl2N4O2/c1-23(2,31-20-7-4-15(24)9-19(20)25)22(30)28-16-10-17-5-6-18(11-16)29(17)21-8-3-14(12-26)13-27-21/h3-4,7-9,13,16-18H,5-6,10-11H2,1-2H3,(H,28,30)/t16-,17+,18-. The van der Waals surface area contributed by atoms with Gasteiger partial charge in [0.25, 0.3) is 5.91 Å². The van der Waals surface area contributed by atoms with E-state index in [4.69, 9.17) is 33.2 Å². The second-order valence-corrected chi connectivity index (χ2v) is 9.48.